The van der Waals surface area contributed by atoms with Gasteiger partial charge in [0.2, 0.25) is 0 Å². The van der Waals surface area contributed by atoms with E-state index in [1.807, 2.05) is 13.0 Å². The summed E-state index contributed by atoms with van der Waals surface area (Å²) in [6.07, 6.45) is 6.37. The summed E-state index contributed by atoms with van der Waals surface area (Å²) in [5.74, 6) is 0.327. The van der Waals surface area contributed by atoms with E-state index in [1.165, 1.54) is 31.7 Å². The summed E-state index contributed by atoms with van der Waals surface area (Å²) >= 11 is 0. The van der Waals surface area contributed by atoms with Crippen molar-refractivity contribution in [2.45, 2.75) is 19.4 Å². The molecule has 0 saturated carbocycles. The Bertz CT molecular complexity index is 1320. The van der Waals surface area contributed by atoms with Crippen LogP contribution in [0.3, 0.4) is 0 Å². The second kappa shape index (κ2) is 11.6. The van der Waals surface area contributed by atoms with Crippen LogP contribution < -0.4 is 10.6 Å². The van der Waals surface area contributed by atoms with Gasteiger partial charge in [0.1, 0.15) is 24.6 Å². The lowest BCUT2D eigenvalue weighted by atomic mass is 9.95. The zero-order valence-corrected chi connectivity index (χ0v) is 20.5. The Morgan fingerprint density at radius 1 is 1.11 bits per heavy atom. The number of nitrogens with one attached hydrogen (secondary N) is 2. The van der Waals surface area contributed by atoms with Gasteiger partial charge in [-0.15, -0.1) is 0 Å². The summed E-state index contributed by atoms with van der Waals surface area (Å²) < 4.78 is 19.7. The summed E-state index contributed by atoms with van der Waals surface area (Å²) in [5, 5.41) is 6.06. The first-order chi connectivity index (χ1) is 16.5. The van der Waals surface area contributed by atoms with Crippen LogP contribution in [0.15, 0.2) is 49.2 Å². The maximum absolute atomic E-state index is 14.6. The molecule has 11 heteroatoms. The molecule has 1 atom stereocenters. The Hall–Kier alpha value is -3.70. The minimum absolute atomic E-state index is 0. The van der Waals surface area contributed by atoms with E-state index in [-0.39, 0.29) is 36.3 Å². The molecule has 2 N–H and O–H groups in total. The van der Waals surface area contributed by atoms with Crippen LogP contribution in [0.5, 0.6) is 0 Å². The summed E-state index contributed by atoms with van der Waals surface area (Å²) in [5.41, 5.74) is 2.98. The average molecular weight is 496 g/mol. The molecule has 3 aromatic heterocycles. The fourth-order valence-electron chi connectivity index (χ4n) is 3.64. The summed E-state index contributed by atoms with van der Waals surface area (Å²) in [4.78, 5) is 33.7. The third-order valence-corrected chi connectivity index (χ3v) is 5.41. The Balaban J connectivity index is 0.00000342. The number of ether oxygens (including phenoxy) is 1. The van der Waals surface area contributed by atoms with E-state index in [9.17, 15) is 9.18 Å². The van der Waals surface area contributed by atoms with Crippen molar-refractivity contribution >= 4 is 36.1 Å². The van der Waals surface area contributed by atoms with Crippen LogP contribution in [-0.2, 0) is 11.3 Å². The van der Waals surface area contributed by atoms with Crippen molar-refractivity contribution in [2.75, 3.05) is 26.0 Å². The zero-order chi connectivity index (χ0) is 24.1. The Labute approximate surface area is 209 Å². The van der Waals surface area contributed by atoms with E-state index in [4.69, 9.17) is 4.74 Å². The number of amides is 1. The highest BCUT2D eigenvalue weighted by atomic mass is 32.1. The fourth-order valence-corrected chi connectivity index (χ4v) is 3.64. The first-order valence-electron chi connectivity index (χ1n) is 10.7. The molecule has 0 unspecified atom stereocenters. The van der Waals surface area contributed by atoms with Crippen molar-refractivity contribution in [1.29, 1.82) is 0 Å². The summed E-state index contributed by atoms with van der Waals surface area (Å²) in [7, 11) is 3.10. The molecule has 0 fully saturated rings. The molecule has 4 aromatic rings. The average Bonchev–Trinajstić information content (AvgIpc) is 2.87. The highest BCUT2D eigenvalue weighted by Crippen LogP contribution is 2.29. The molecule has 1 aromatic carbocycles. The third-order valence-electron chi connectivity index (χ3n) is 5.41. The second-order valence-corrected chi connectivity index (χ2v) is 7.69. The molecule has 0 bridgehead atoms. The number of hydrogen-bond acceptors (Lipinski definition) is 8. The number of pyridine rings is 1. The smallest absolute Gasteiger partial charge is 0.251 e. The second-order valence-electron chi connectivity index (χ2n) is 7.69. The Morgan fingerprint density at radius 2 is 1.89 bits per heavy atom. The van der Waals surface area contributed by atoms with E-state index in [0.29, 0.717) is 36.0 Å². The highest BCUT2D eigenvalue weighted by Gasteiger charge is 2.18. The highest BCUT2D eigenvalue weighted by molar-refractivity contribution is 7.59. The van der Waals surface area contributed by atoms with Crippen LogP contribution in [0.25, 0.3) is 22.2 Å². The van der Waals surface area contributed by atoms with Crippen LogP contribution in [0.2, 0.25) is 0 Å². The van der Waals surface area contributed by atoms with E-state index in [2.05, 4.69) is 35.6 Å². The molecule has 0 aliphatic heterocycles. The maximum Gasteiger partial charge on any atom is 0.251 e. The molecule has 4 rings (SSSR count). The maximum atomic E-state index is 14.6. The molecule has 0 spiro atoms. The first-order valence-corrected chi connectivity index (χ1v) is 10.7. The SMILES string of the molecule is CNC(=O)c1ccnc2c([C@H](C)CNc3cc(-c4cnc(COC)nc4)ncn3)ccc(F)c12.S. The topological polar surface area (TPSA) is 115 Å². The molecule has 35 heavy (non-hydrogen) atoms. The van der Waals surface area contributed by atoms with Gasteiger partial charge in [-0.3, -0.25) is 9.78 Å². The predicted molar refractivity (Wildman–Crippen MR) is 136 cm³/mol. The molecule has 0 radical (unpaired) electrons. The number of anilines is 1. The number of methoxy groups -OCH3 is 1. The van der Waals surface area contributed by atoms with E-state index in [0.717, 1.165) is 11.1 Å². The summed E-state index contributed by atoms with van der Waals surface area (Å²) in [6.45, 7) is 2.84. The Morgan fingerprint density at radius 3 is 2.60 bits per heavy atom. The molecule has 0 aliphatic carbocycles. The van der Waals surface area contributed by atoms with Gasteiger partial charge in [0.05, 0.1) is 16.8 Å². The van der Waals surface area contributed by atoms with E-state index in [1.54, 1.807) is 25.6 Å². The number of nitrogens with zero attached hydrogens (tertiary/aromatic N) is 5. The molecular formula is C24H26FN7O2S. The molecular weight excluding hydrogens is 469 g/mol. The number of carbonyl (C=O) groups excluding carboxylic acids is 1. The van der Waals surface area contributed by atoms with Crippen molar-refractivity contribution in [1.82, 2.24) is 30.2 Å². The van der Waals surface area contributed by atoms with Crippen LogP contribution in [0, 0.1) is 5.82 Å². The van der Waals surface area contributed by atoms with Crippen LogP contribution >= 0.6 is 13.5 Å². The lowest BCUT2D eigenvalue weighted by Crippen LogP contribution is -2.19. The normalized spacial score (nSPS) is 11.5. The van der Waals surface area contributed by atoms with Crippen molar-refractivity contribution in [2.24, 2.45) is 0 Å². The molecule has 182 valence electrons. The van der Waals surface area contributed by atoms with Crippen LogP contribution in [0.4, 0.5) is 10.2 Å². The number of hydrogen-bond donors (Lipinski definition) is 2. The van der Waals surface area contributed by atoms with Crippen molar-refractivity contribution < 1.29 is 13.9 Å². The first kappa shape index (κ1) is 25.9. The molecule has 3 heterocycles. The standard InChI is InChI=1S/C24H24FN7O2.H2S/c1-14(16-4-5-18(25)22-17(24(33)26-2)6-7-27-23(16)22)9-28-20-8-19(31-13-32-20)15-10-29-21(12-34-3)30-11-15;/h4-8,10-11,13-14H,9,12H2,1-3H3,(H,26,33)(H,28,31,32);1H2/t14-;/m1./s1. The van der Waals surface area contributed by atoms with Gasteiger partial charge in [-0.25, -0.2) is 24.3 Å². The van der Waals surface area contributed by atoms with Gasteiger partial charge in [0, 0.05) is 62.2 Å². The van der Waals surface area contributed by atoms with Crippen molar-refractivity contribution in [3.8, 4) is 11.3 Å². The monoisotopic (exact) mass is 495 g/mol. The largest absolute Gasteiger partial charge is 0.377 e. The van der Waals surface area contributed by atoms with Crippen molar-refractivity contribution in [3.05, 3.63) is 72.0 Å². The molecule has 9 nitrogen and oxygen atoms in total. The van der Waals surface area contributed by atoms with Gasteiger partial charge >= 0.3 is 0 Å². The molecule has 0 aliphatic rings. The lowest BCUT2D eigenvalue weighted by Gasteiger charge is -2.17. The number of aromatic nitrogens is 5. The van der Waals surface area contributed by atoms with Crippen molar-refractivity contribution in [3.63, 3.8) is 0 Å². The van der Waals surface area contributed by atoms with Gasteiger partial charge in [-0.05, 0) is 17.7 Å². The summed E-state index contributed by atoms with van der Waals surface area (Å²) in [6, 6.07) is 6.41. The van der Waals surface area contributed by atoms with Crippen LogP contribution in [0.1, 0.15) is 34.6 Å². The quantitative estimate of drug-likeness (QED) is 0.382. The van der Waals surface area contributed by atoms with Gasteiger partial charge in [0.25, 0.3) is 5.91 Å². The fraction of sp³-hybridized carbons (Fsp3) is 0.250. The minimum atomic E-state index is -0.482. The van der Waals surface area contributed by atoms with Gasteiger partial charge in [-0.2, -0.15) is 13.5 Å². The van der Waals surface area contributed by atoms with E-state index >= 15 is 0 Å². The Kier molecular flexibility index (Phi) is 8.61. The van der Waals surface area contributed by atoms with Gasteiger partial charge in [-0.1, -0.05) is 13.0 Å². The third kappa shape index (κ3) is 5.69. The number of carbonyl (C=O) groups is 1. The molecule has 1 amide bonds. The zero-order valence-electron chi connectivity index (χ0n) is 19.5. The van der Waals surface area contributed by atoms with Crippen LogP contribution in [-0.4, -0.2) is 51.5 Å². The number of fused-ring (bicyclic) bond motifs is 1. The van der Waals surface area contributed by atoms with Gasteiger partial charge in [0.15, 0.2) is 5.82 Å². The lowest BCUT2D eigenvalue weighted by molar-refractivity contribution is 0.0964. The van der Waals surface area contributed by atoms with E-state index < -0.39 is 5.82 Å². The predicted octanol–water partition coefficient (Wildman–Crippen LogP) is 3.46. The number of benzene rings is 1. The molecule has 0 saturated heterocycles. The minimum Gasteiger partial charge on any atom is -0.377 e. The van der Waals surface area contributed by atoms with Gasteiger partial charge < -0.3 is 15.4 Å². The number of rotatable bonds is 8. The number of halogens is 1.